The van der Waals surface area contributed by atoms with Crippen molar-refractivity contribution in [3.63, 3.8) is 0 Å². The molecule has 0 aromatic carbocycles. The number of fused-ring (bicyclic) bond motifs is 2. The molecule has 5 rings (SSSR count). The van der Waals surface area contributed by atoms with Crippen molar-refractivity contribution in [3.8, 4) is 0 Å². The zero-order valence-electron chi connectivity index (χ0n) is 17.2. The van der Waals surface area contributed by atoms with Crippen molar-refractivity contribution in [2.45, 2.75) is 32.2 Å². The standard InChI is InChI=1S/C20H26N8O2/c1-25-18-15(13-21-25)19(30)23-20(22-18)27-9-6-26(7-10-27)8-11-28-17(29)12-14-4-2-3-5-16(14)24-28/h12-13H,2-11H2,1H3,(H,22,23,30). The van der Waals surface area contributed by atoms with Gasteiger partial charge < -0.3 is 4.90 Å². The van der Waals surface area contributed by atoms with Crippen LogP contribution in [-0.2, 0) is 26.4 Å². The second-order valence-corrected chi connectivity index (χ2v) is 8.11. The summed E-state index contributed by atoms with van der Waals surface area (Å²) >= 11 is 0. The molecule has 3 aromatic rings. The number of nitrogens with one attached hydrogen (secondary N) is 1. The maximum absolute atomic E-state index is 12.4. The number of hydrogen-bond donors (Lipinski definition) is 1. The van der Waals surface area contributed by atoms with Gasteiger partial charge in [0.15, 0.2) is 5.65 Å². The van der Waals surface area contributed by atoms with Crippen LogP contribution in [0.15, 0.2) is 21.9 Å². The largest absolute Gasteiger partial charge is 0.340 e. The summed E-state index contributed by atoms with van der Waals surface area (Å²) in [5, 5.41) is 9.23. The minimum absolute atomic E-state index is 0.000501. The molecular weight excluding hydrogens is 384 g/mol. The molecule has 0 bridgehead atoms. The van der Waals surface area contributed by atoms with Crippen molar-refractivity contribution in [1.29, 1.82) is 0 Å². The van der Waals surface area contributed by atoms with Gasteiger partial charge in [0.2, 0.25) is 5.95 Å². The Balaban J connectivity index is 1.22. The van der Waals surface area contributed by atoms with Crippen LogP contribution < -0.4 is 16.0 Å². The van der Waals surface area contributed by atoms with Gasteiger partial charge in [-0.25, -0.2) is 4.68 Å². The molecule has 0 radical (unpaired) electrons. The molecule has 1 fully saturated rings. The van der Waals surface area contributed by atoms with Gasteiger partial charge in [0.25, 0.3) is 11.1 Å². The molecule has 0 atom stereocenters. The highest BCUT2D eigenvalue weighted by Crippen LogP contribution is 2.17. The molecule has 3 aromatic heterocycles. The van der Waals surface area contributed by atoms with Crippen molar-refractivity contribution in [2.75, 3.05) is 37.6 Å². The van der Waals surface area contributed by atoms with Crippen molar-refractivity contribution in [2.24, 2.45) is 7.05 Å². The number of aromatic nitrogens is 6. The highest BCUT2D eigenvalue weighted by atomic mass is 16.1. The van der Waals surface area contributed by atoms with Crippen LogP contribution in [0.3, 0.4) is 0 Å². The quantitative estimate of drug-likeness (QED) is 0.641. The molecule has 0 unspecified atom stereocenters. The topological polar surface area (TPSA) is 105 Å². The molecule has 4 heterocycles. The fraction of sp³-hybridized carbons (Fsp3) is 0.550. The lowest BCUT2D eigenvalue weighted by Gasteiger charge is -2.34. The third-order valence-electron chi connectivity index (χ3n) is 6.16. The molecule has 0 saturated carbocycles. The minimum Gasteiger partial charge on any atom is -0.340 e. The predicted octanol–water partition coefficient (Wildman–Crippen LogP) is -0.0857. The van der Waals surface area contributed by atoms with E-state index in [0.29, 0.717) is 23.5 Å². The minimum atomic E-state index is -0.164. The summed E-state index contributed by atoms with van der Waals surface area (Å²) in [5.74, 6) is 0.586. The van der Waals surface area contributed by atoms with Gasteiger partial charge in [0.1, 0.15) is 5.39 Å². The van der Waals surface area contributed by atoms with E-state index in [4.69, 9.17) is 0 Å². The number of piperazine rings is 1. The lowest BCUT2D eigenvalue weighted by molar-refractivity contribution is 0.241. The third kappa shape index (κ3) is 3.51. The van der Waals surface area contributed by atoms with E-state index < -0.39 is 0 Å². The SMILES string of the molecule is Cn1ncc2c(=O)[nH]c(N3CCN(CCn4nc5c(cc4=O)CCCC5)CC3)nc21. The number of aryl methyl sites for hydroxylation is 3. The Morgan fingerprint density at radius 3 is 2.70 bits per heavy atom. The van der Waals surface area contributed by atoms with E-state index in [0.717, 1.165) is 69.7 Å². The maximum Gasteiger partial charge on any atom is 0.267 e. The molecule has 1 aliphatic carbocycles. The van der Waals surface area contributed by atoms with Gasteiger partial charge in [-0.05, 0) is 31.2 Å². The Morgan fingerprint density at radius 2 is 1.87 bits per heavy atom. The first-order chi connectivity index (χ1) is 14.6. The molecule has 30 heavy (non-hydrogen) atoms. The van der Waals surface area contributed by atoms with Crippen LogP contribution in [0.5, 0.6) is 0 Å². The van der Waals surface area contributed by atoms with Gasteiger partial charge >= 0.3 is 0 Å². The average Bonchev–Trinajstić information content (AvgIpc) is 3.14. The van der Waals surface area contributed by atoms with E-state index in [1.807, 2.05) is 0 Å². The zero-order chi connectivity index (χ0) is 20.7. The molecule has 0 spiro atoms. The molecule has 158 valence electrons. The fourth-order valence-electron chi connectivity index (χ4n) is 4.35. The highest BCUT2D eigenvalue weighted by molar-refractivity contribution is 5.74. The average molecular weight is 410 g/mol. The number of rotatable bonds is 4. The number of anilines is 1. The summed E-state index contributed by atoms with van der Waals surface area (Å²) in [4.78, 5) is 36.5. The number of aromatic amines is 1. The number of hydrogen-bond acceptors (Lipinski definition) is 7. The Kier molecular flexibility index (Phi) is 4.86. The summed E-state index contributed by atoms with van der Waals surface area (Å²) < 4.78 is 3.24. The first kappa shape index (κ1) is 19.0. The lowest BCUT2D eigenvalue weighted by Crippen LogP contribution is -2.48. The summed E-state index contributed by atoms with van der Waals surface area (Å²) in [5.41, 5.74) is 2.65. The van der Waals surface area contributed by atoms with Gasteiger partial charge in [-0.3, -0.25) is 24.2 Å². The summed E-state index contributed by atoms with van der Waals surface area (Å²) in [7, 11) is 1.78. The molecule has 10 nitrogen and oxygen atoms in total. The Bertz CT molecular complexity index is 1190. The van der Waals surface area contributed by atoms with Crippen LogP contribution >= 0.6 is 0 Å². The lowest BCUT2D eigenvalue weighted by atomic mass is 9.97. The molecule has 1 aliphatic heterocycles. The third-order valence-corrected chi connectivity index (χ3v) is 6.16. The molecule has 1 saturated heterocycles. The van der Waals surface area contributed by atoms with Crippen molar-refractivity contribution in [1.82, 2.24) is 34.4 Å². The molecule has 2 aliphatic rings. The van der Waals surface area contributed by atoms with Crippen LogP contribution in [0.2, 0.25) is 0 Å². The van der Waals surface area contributed by atoms with Gasteiger partial charge in [0.05, 0.1) is 18.4 Å². The van der Waals surface area contributed by atoms with E-state index in [9.17, 15) is 9.59 Å². The molecular formula is C20H26N8O2. The van der Waals surface area contributed by atoms with Crippen LogP contribution in [-0.4, -0.2) is 67.2 Å². The number of H-pyrrole nitrogens is 1. The Morgan fingerprint density at radius 1 is 1.07 bits per heavy atom. The Hall–Kier alpha value is -3.01. The van der Waals surface area contributed by atoms with Crippen molar-refractivity contribution in [3.05, 3.63) is 44.2 Å². The monoisotopic (exact) mass is 410 g/mol. The highest BCUT2D eigenvalue weighted by Gasteiger charge is 2.21. The summed E-state index contributed by atoms with van der Waals surface area (Å²) in [6, 6.07) is 1.77. The first-order valence-corrected chi connectivity index (χ1v) is 10.6. The first-order valence-electron chi connectivity index (χ1n) is 10.6. The van der Waals surface area contributed by atoms with Gasteiger partial charge in [0, 0.05) is 45.8 Å². The fourth-order valence-corrected chi connectivity index (χ4v) is 4.35. The van der Waals surface area contributed by atoms with E-state index in [1.165, 1.54) is 0 Å². The van der Waals surface area contributed by atoms with E-state index >= 15 is 0 Å². The molecule has 0 amide bonds. The van der Waals surface area contributed by atoms with Crippen LogP contribution in [0.25, 0.3) is 11.0 Å². The van der Waals surface area contributed by atoms with Crippen LogP contribution in [0, 0.1) is 0 Å². The summed E-state index contributed by atoms with van der Waals surface area (Å²) in [6.45, 7) is 4.59. The summed E-state index contributed by atoms with van der Waals surface area (Å²) in [6.07, 6.45) is 5.79. The smallest absolute Gasteiger partial charge is 0.267 e. The van der Waals surface area contributed by atoms with Crippen LogP contribution in [0.1, 0.15) is 24.1 Å². The normalized spacial score (nSPS) is 17.4. The van der Waals surface area contributed by atoms with Gasteiger partial charge in [-0.2, -0.15) is 15.2 Å². The van der Waals surface area contributed by atoms with E-state index in [2.05, 4.69) is 30.0 Å². The maximum atomic E-state index is 12.4. The molecule has 1 N–H and O–H groups in total. The van der Waals surface area contributed by atoms with Crippen molar-refractivity contribution >= 4 is 17.0 Å². The van der Waals surface area contributed by atoms with Crippen LogP contribution in [0.4, 0.5) is 5.95 Å². The second kappa shape index (κ2) is 7.67. The van der Waals surface area contributed by atoms with Crippen molar-refractivity contribution < 1.29 is 0 Å². The Labute approximate surface area is 173 Å². The predicted molar refractivity (Wildman–Crippen MR) is 113 cm³/mol. The molecule has 10 heteroatoms. The van der Waals surface area contributed by atoms with E-state index in [-0.39, 0.29) is 11.1 Å². The van der Waals surface area contributed by atoms with E-state index in [1.54, 1.807) is 28.7 Å². The van der Waals surface area contributed by atoms with Gasteiger partial charge in [-0.1, -0.05) is 0 Å². The van der Waals surface area contributed by atoms with Gasteiger partial charge in [-0.15, -0.1) is 0 Å². The second-order valence-electron chi connectivity index (χ2n) is 8.11. The number of nitrogens with zero attached hydrogens (tertiary/aromatic N) is 7. The zero-order valence-corrected chi connectivity index (χ0v) is 17.2.